The second-order valence-electron chi connectivity index (χ2n) is 6.44. The lowest BCUT2D eigenvalue weighted by molar-refractivity contribution is 0.0546. The molecule has 0 aliphatic carbocycles. The van der Waals surface area contributed by atoms with Gasteiger partial charge in [-0.25, -0.2) is 14.3 Å². The van der Waals surface area contributed by atoms with Crippen LogP contribution < -0.4 is 0 Å². The molecular weight excluding hydrogens is 294 g/mol. The molecule has 0 spiro atoms. The van der Waals surface area contributed by atoms with Crippen molar-refractivity contribution < 1.29 is 14.1 Å². The minimum atomic E-state index is -0.599. The molecule has 1 aromatic carbocycles. The Kier molecular flexibility index (Phi) is 3.47. The molecule has 0 unspecified atom stereocenters. The number of nitrogens with zero attached hydrogens (tertiary/aromatic N) is 3. The van der Waals surface area contributed by atoms with E-state index in [0.717, 1.165) is 0 Å². The molecule has 2 aromatic heterocycles. The number of carbonyl (C=O) groups is 1. The largest absolute Gasteiger partial charge is 0.443 e. The van der Waals surface area contributed by atoms with E-state index in [1.165, 1.54) is 4.57 Å². The quantitative estimate of drug-likeness (QED) is 0.676. The van der Waals surface area contributed by atoms with Gasteiger partial charge in [-0.15, -0.1) is 0 Å². The summed E-state index contributed by atoms with van der Waals surface area (Å²) < 4.78 is 12.2. The Morgan fingerprint density at radius 3 is 2.52 bits per heavy atom. The van der Waals surface area contributed by atoms with E-state index < -0.39 is 11.7 Å². The molecule has 0 fully saturated rings. The van der Waals surface area contributed by atoms with Crippen LogP contribution in [0, 0.1) is 13.8 Å². The number of rotatable bonds is 1. The van der Waals surface area contributed by atoms with Gasteiger partial charge in [0.05, 0.1) is 22.3 Å². The van der Waals surface area contributed by atoms with Crippen molar-refractivity contribution in [1.82, 2.24) is 14.7 Å². The first-order chi connectivity index (χ1) is 10.8. The molecule has 0 amide bonds. The van der Waals surface area contributed by atoms with E-state index in [-0.39, 0.29) is 0 Å². The van der Waals surface area contributed by atoms with Gasteiger partial charge in [0.25, 0.3) is 0 Å². The van der Waals surface area contributed by atoms with Gasteiger partial charge in [-0.2, -0.15) is 0 Å². The van der Waals surface area contributed by atoms with Gasteiger partial charge in [0, 0.05) is 0 Å². The second-order valence-corrected chi connectivity index (χ2v) is 6.44. The zero-order valence-corrected chi connectivity index (χ0v) is 13.9. The fourth-order valence-electron chi connectivity index (χ4n) is 2.49. The lowest BCUT2D eigenvalue weighted by Gasteiger charge is -2.20. The maximum Gasteiger partial charge on any atom is 0.420 e. The van der Waals surface area contributed by atoms with Gasteiger partial charge in [-0.3, -0.25) is 0 Å². The average molecular weight is 313 g/mol. The number of imidazole rings is 1. The predicted molar refractivity (Wildman–Crippen MR) is 86.3 cm³/mol. The summed E-state index contributed by atoms with van der Waals surface area (Å²) in [6.45, 7) is 9.12. The molecule has 3 rings (SSSR count). The molecular formula is C17H19N3O3. The Bertz CT molecular complexity index is 865. The summed E-state index contributed by atoms with van der Waals surface area (Å²) in [5, 5.41) is 3.96. The average Bonchev–Trinajstić information content (AvgIpc) is 2.97. The Morgan fingerprint density at radius 1 is 1.22 bits per heavy atom. The van der Waals surface area contributed by atoms with Crippen molar-refractivity contribution in [2.24, 2.45) is 0 Å². The first kappa shape index (κ1) is 15.3. The van der Waals surface area contributed by atoms with Gasteiger partial charge in [-0.1, -0.05) is 17.3 Å². The third-order valence-corrected chi connectivity index (χ3v) is 3.39. The summed E-state index contributed by atoms with van der Waals surface area (Å²) >= 11 is 0. The van der Waals surface area contributed by atoms with Crippen molar-refractivity contribution >= 4 is 17.1 Å². The molecule has 0 saturated heterocycles. The SMILES string of the molecule is Cc1noc(C)c1-c1nc2ccccc2n1C(=O)OC(C)(C)C. The van der Waals surface area contributed by atoms with Crippen molar-refractivity contribution in [3.63, 3.8) is 0 Å². The third-order valence-electron chi connectivity index (χ3n) is 3.39. The van der Waals surface area contributed by atoms with E-state index in [1.807, 2.05) is 52.0 Å². The minimum Gasteiger partial charge on any atom is -0.443 e. The fourth-order valence-corrected chi connectivity index (χ4v) is 2.49. The number of hydrogen-bond donors (Lipinski definition) is 0. The highest BCUT2D eigenvalue weighted by Gasteiger charge is 2.26. The highest BCUT2D eigenvalue weighted by molar-refractivity contribution is 5.92. The molecule has 0 saturated carbocycles. The maximum atomic E-state index is 12.7. The summed E-state index contributed by atoms with van der Waals surface area (Å²) in [5.74, 6) is 1.10. The van der Waals surface area contributed by atoms with E-state index >= 15 is 0 Å². The number of aromatic nitrogens is 3. The van der Waals surface area contributed by atoms with E-state index in [9.17, 15) is 4.79 Å². The number of hydrogen-bond acceptors (Lipinski definition) is 5. The molecule has 2 heterocycles. The number of benzene rings is 1. The van der Waals surface area contributed by atoms with Gasteiger partial charge in [-0.05, 0) is 46.8 Å². The molecule has 0 aliphatic rings. The van der Waals surface area contributed by atoms with Crippen molar-refractivity contribution in [2.45, 2.75) is 40.2 Å². The summed E-state index contributed by atoms with van der Waals surface area (Å²) in [4.78, 5) is 17.3. The summed E-state index contributed by atoms with van der Waals surface area (Å²) in [6, 6.07) is 7.44. The minimum absolute atomic E-state index is 0.471. The Balaban J connectivity index is 2.26. The van der Waals surface area contributed by atoms with Crippen molar-refractivity contribution in [3.05, 3.63) is 35.7 Å². The maximum absolute atomic E-state index is 12.7. The molecule has 3 aromatic rings. The van der Waals surface area contributed by atoms with Crippen LogP contribution in [-0.2, 0) is 4.74 Å². The van der Waals surface area contributed by atoms with Gasteiger partial charge in [0.15, 0.2) is 5.82 Å². The number of ether oxygens (including phenoxy) is 1. The smallest absolute Gasteiger partial charge is 0.420 e. The molecule has 23 heavy (non-hydrogen) atoms. The van der Waals surface area contributed by atoms with Crippen LogP contribution in [0.5, 0.6) is 0 Å². The van der Waals surface area contributed by atoms with Crippen molar-refractivity contribution in [1.29, 1.82) is 0 Å². The normalized spacial score (nSPS) is 11.9. The topological polar surface area (TPSA) is 70.2 Å². The van der Waals surface area contributed by atoms with Crippen LogP contribution >= 0.6 is 0 Å². The number of carbonyl (C=O) groups excluding carboxylic acids is 1. The Labute approximate surface area is 134 Å². The Morgan fingerprint density at radius 2 is 1.91 bits per heavy atom. The number of para-hydroxylation sites is 2. The van der Waals surface area contributed by atoms with E-state index in [1.54, 1.807) is 6.92 Å². The van der Waals surface area contributed by atoms with Gasteiger partial charge in [0.1, 0.15) is 11.4 Å². The number of fused-ring (bicyclic) bond motifs is 1. The monoisotopic (exact) mass is 313 g/mol. The lowest BCUT2D eigenvalue weighted by atomic mass is 10.2. The van der Waals surface area contributed by atoms with E-state index in [4.69, 9.17) is 9.26 Å². The zero-order valence-electron chi connectivity index (χ0n) is 13.9. The van der Waals surface area contributed by atoms with E-state index in [0.29, 0.717) is 33.9 Å². The molecule has 0 N–H and O–H groups in total. The van der Waals surface area contributed by atoms with E-state index in [2.05, 4.69) is 10.1 Å². The van der Waals surface area contributed by atoms with Crippen LogP contribution in [0.15, 0.2) is 28.8 Å². The molecule has 6 heteroatoms. The fraction of sp³-hybridized carbons (Fsp3) is 0.353. The zero-order chi connectivity index (χ0) is 16.8. The molecule has 6 nitrogen and oxygen atoms in total. The van der Waals surface area contributed by atoms with Crippen LogP contribution in [0.3, 0.4) is 0 Å². The lowest BCUT2D eigenvalue weighted by Crippen LogP contribution is -2.27. The highest BCUT2D eigenvalue weighted by atomic mass is 16.6. The van der Waals surface area contributed by atoms with Crippen LogP contribution in [0.4, 0.5) is 4.79 Å². The molecule has 0 radical (unpaired) electrons. The summed E-state index contributed by atoms with van der Waals surface area (Å²) in [6.07, 6.45) is -0.471. The molecule has 0 atom stereocenters. The molecule has 120 valence electrons. The van der Waals surface area contributed by atoms with Crippen molar-refractivity contribution in [2.75, 3.05) is 0 Å². The number of aryl methyl sites for hydroxylation is 2. The van der Waals surface area contributed by atoms with Crippen molar-refractivity contribution in [3.8, 4) is 11.4 Å². The highest BCUT2D eigenvalue weighted by Crippen LogP contribution is 2.30. The van der Waals surface area contributed by atoms with Gasteiger partial charge >= 0.3 is 6.09 Å². The second kappa shape index (κ2) is 5.22. The van der Waals surface area contributed by atoms with Crippen LogP contribution in [0.1, 0.15) is 32.2 Å². The van der Waals surface area contributed by atoms with Gasteiger partial charge < -0.3 is 9.26 Å². The third kappa shape index (κ3) is 2.72. The predicted octanol–water partition coefficient (Wildman–Crippen LogP) is 4.09. The molecule has 0 aliphatic heterocycles. The summed E-state index contributed by atoms with van der Waals surface area (Å²) in [5.41, 5.74) is 2.21. The molecule has 0 bridgehead atoms. The Hall–Kier alpha value is -2.63. The van der Waals surface area contributed by atoms with Crippen LogP contribution in [0.25, 0.3) is 22.4 Å². The standard InChI is InChI=1S/C17H19N3O3/c1-10-14(11(2)23-19-10)15-18-12-8-6-7-9-13(12)20(15)16(21)22-17(3,4)5/h6-9H,1-5H3. The van der Waals surface area contributed by atoms with Crippen LogP contribution in [-0.4, -0.2) is 26.4 Å². The first-order valence-electron chi connectivity index (χ1n) is 7.42. The summed E-state index contributed by atoms with van der Waals surface area (Å²) in [7, 11) is 0. The van der Waals surface area contributed by atoms with Crippen LogP contribution in [0.2, 0.25) is 0 Å². The van der Waals surface area contributed by atoms with Gasteiger partial charge in [0.2, 0.25) is 0 Å². The first-order valence-corrected chi connectivity index (χ1v) is 7.42.